The molecule has 1 N–H and O–H groups in total. The van der Waals surface area contributed by atoms with Crippen LogP contribution in [0.4, 0.5) is 0 Å². The van der Waals surface area contributed by atoms with Gasteiger partial charge in [0.05, 0.1) is 6.10 Å². The first-order chi connectivity index (χ1) is 7.49. The maximum atomic E-state index is 9.78. The topological polar surface area (TPSA) is 20.2 Å². The zero-order valence-electron chi connectivity index (χ0n) is 10.3. The van der Waals surface area contributed by atoms with E-state index in [1.165, 1.54) is 5.56 Å². The first-order valence-electron chi connectivity index (χ1n) is 5.92. The van der Waals surface area contributed by atoms with Gasteiger partial charge in [-0.3, -0.25) is 0 Å². The summed E-state index contributed by atoms with van der Waals surface area (Å²) in [6.45, 7) is 6.29. The second kappa shape index (κ2) is 6.27. The summed E-state index contributed by atoms with van der Waals surface area (Å²) < 4.78 is 0. The fourth-order valence-corrected chi connectivity index (χ4v) is 2.17. The third-order valence-corrected chi connectivity index (χ3v) is 3.05. The minimum Gasteiger partial charge on any atom is -0.393 e. The van der Waals surface area contributed by atoms with Gasteiger partial charge in [-0.15, -0.1) is 0 Å². The molecule has 1 aromatic rings. The molecule has 16 heavy (non-hydrogen) atoms. The van der Waals surface area contributed by atoms with Crippen LogP contribution < -0.4 is 0 Å². The first-order valence-corrected chi connectivity index (χ1v) is 6.30. The normalized spacial score (nSPS) is 13.1. The van der Waals surface area contributed by atoms with Crippen molar-refractivity contribution in [2.75, 3.05) is 0 Å². The van der Waals surface area contributed by atoms with Gasteiger partial charge in [0.15, 0.2) is 0 Å². The van der Waals surface area contributed by atoms with Crippen molar-refractivity contribution in [2.45, 2.75) is 46.1 Å². The third kappa shape index (κ3) is 4.54. The number of hydrogen-bond donors (Lipinski definition) is 1. The Morgan fingerprint density at radius 1 is 1.31 bits per heavy atom. The maximum absolute atomic E-state index is 9.78. The number of aliphatic hydroxyl groups is 1. The van der Waals surface area contributed by atoms with Crippen molar-refractivity contribution in [3.63, 3.8) is 0 Å². The third-order valence-electron chi connectivity index (χ3n) is 2.70. The summed E-state index contributed by atoms with van der Waals surface area (Å²) in [4.78, 5) is 0. The van der Waals surface area contributed by atoms with Crippen molar-refractivity contribution in [3.8, 4) is 0 Å². The Hall–Kier alpha value is -0.530. The van der Waals surface area contributed by atoms with E-state index < -0.39 is 0 Å². The van der Waals surface area contributed by atoms with Gasteiger partial charge in [-0.2, -0.15) is 0 Å². The van der Waals surface area contributed by atoms with Crippen LogP contribution in [0.15, 0.2) is 18.2 Å². The van der Waals surface area contributed by atoms with Crippen LogP contribution in [0.5, 0.6) is 0 Å². The molecule has 0 spiro atoms. The van der Waals surface area contributed by atoms with Gasteiger partial charge in [0.2, 0.25) is 0 Å². The fraction of sp³-hybridized carbons (Fsp3) is 0.571. The van der Waals surface area contributed by atoms with E-state index in [1.807, 2.05) is 13.0 Å². The molecule has 1 atom stereocenters. The average molecular weight is 241 g/mol. The summed E-state index contributed by atoms with van der Waals surface area (Å²) in [5.41, 5.74) is 2.31. The van der Waals surface area contributed by atoms with Gasteiger partial charge >= 0.3 is 0 Å². The van der Waals surface area contributed by atoms with Crippen LogP contribution in [0.25, 0.3) is 0 Å². The van der Waals surface area contributed by atoms with E-state index >= 15 is 0 Å². The van der Waals surface area contributed by atoms with Crippen molar-refractivity contribution in [2.24, 2.45) is 5.92 Å². The van der Waals surface area contributed by atoms with Gasteiger partial charge < -0.3 is 5.11 Å². The zero-order chi connectivity index (χ0) is 12.1. The first kappa shape index (κ1) is 13.5. The maximum Gasteiger partial charge on any atom is 0.0545 e. The van der Waals surface area contributed by atoms with E-state index in [0.29, 0.717) is 5.92 Å². The Bertz CT molecular complexity index is 334. The Balaban J connectivity index is 2.48. The SMILES string of the molecule is Cc1ccc(CCC(O)CC(C)C)c(Cl)c1. The highest BCUT2D eigenvalue weighted by Crippen LogP contribution is 2.20. The molecule has 1 nitrogen and oxygen atoms in total. The summed E-state index contributed by atoms with van der Waals surface area (Å²) in [5, 5.41) is 10.6. The van der Waals surface area contributed by atoms with Gasteiger partial charge in [0.25, 0.3) is 0 Å². The number of halogens is 1. The highest BCUT2D eigenvalue weighted by atomic mass is 35.5. The minimum atomic E-state index is -0.211. The van der Waals surface area contributed by atoms with Crippen LogP contribution in [0.1, 0.15) is 37.8 Å². The molecule has 0 radical (unpaired) electrons. The van der Waals surface area contributed by atoms with Gasteiger partial charge in [-0.05, 0) is 49.3 Å². The standard InChI is InChI=1S/C14H21ClO/c1-10(2)8-13(16)7-6-12-5-4-11(3)9-14(12)15/h4-5,9-10,13,16H,6-8H2,1-3H3. The monoisotopic (exact) mass is 240 g/mol. The van der Waals surface area contributed by atoms with Crippen LogP contribution in [0, 0.1) is 12.8 Å². The Morgan fingerprint density at radius 2 is 2.00 bits per heavy atom. The molecule has 1 rings (SSSR count). The summed E-state index contributed by atoms with van der Waals surface area (Å²) in [7, 11) is 0. The Labute approximate surface area is 103 Å². The lowest BCUT2D eigenvalue weighted by Gasteiger charge is -2.13. The lowest BCUT2D eigenvalue weighted by Crippen LogP contribution is -2.11. The lowest BCUT2D eigenvalue weighted by atomic mass is 9.99. The van der Waals surface area contributed by atoms with Crippen LogP contribution >= 0.6 is 11.6 Å². The summed E-state index contributed by atoms with van der Waals surface area (Å²) in [6, 6.07) is 6.10. The predicted octanol–water partition coefficient (Wildman–Crippen LogP) is 3.99. The second-order valence-electron chi connectivity index (χ2n) is 4.92. The molecule has 0 saturated carbocycles. The number of aryl methyl sites for hydroxylation is 2. The molecular weight excluding hydrogens is 220 g/mol. The number of hydrogen-bond acceptors (Lipinski definition) is 1. The van der Waals surface area contributed by atoms with E-state index in [2.05, 4.69) is 26.0 Å². The van der Waals surface area contributed by atoms with Crippen LogP contribution in [0.3, 0.4) is 0 Å². The molecule has 0 fully saturated rings. The van der Waals surface area contributed by atoms with Crippen LogP contribution in [-0.2, 0) is 6.42 Å². The zero-order valence-corrected chi connectivity index (χ0v) is 11.1. The van der Waals surface area contributed by atoms with E-state index in [4.69, 9.17) is 11.6 Å². The number of rotatable bonds is 5. The largest absolute Gasteiger partial charge is 0.393 e. The molecule has 1 aromatic carbocycles. The van der Waals surface area contributed by atoms with Gasteiger partial charge in [0.1, 0.15) is 0 Å². The number of aliphatic hydroxyl groups excluding tert-OH is 1. The van der Waals surface area contributed by atoms with E-state index in [0.717, 1.165) is 29.8 Å². The predicted molar refractivity (Wildman–Crippen MR) is 70.0 cm³/mol. The molecule has 1 unspecified atom stereocenters. The molecule has 0 heterocycles. The lowest BCUT2D eigenvalue weighted by molar-refractivity contribution is 0.140. The molecular formula is C14H21ClO. The Kier molecular flexibility index (Phi) is 5.30. The smallest absolute Gasteiger partial charge is 0.0545 e. The van der Waals surface area contributed by atoms with Crippen molar-refractivity contribution in [1.29, 1.82) is 0 Å². The molecule has 0 aliphatic carbocycles. The molecule has 0 aliphatic heterocycles. The highest BCUT2D eigenvalue weighted by Gasteiger charge is 2.08. The molecule has 0 aromatic heterocycles. The molecule has 0 saturated heterocycles. The van der Waals surface area contributed by atoms with Crippen LogP contribution in [0.2, 0.25) is 5.02 Å². The quantitative estimate of drug-likeness (QED) is 0.825. The summed E-state index contributed by atoms with van der Waals surface area (Å²) in [5.74, 6) is 0.545. The van der Waals surface area contributed by atoms with Crippen LogP contribution in [-0.4, -0.2) is 11.2 Å². The van der Waals surface area contributed by atoms with Gasteiger partial charge in [-0.25, -0.2) is 0 Å². The molecule has 0 aliphatic rings. The van der Waals surface area contributed by atoms with Gasteiger partial charge in [0, 0.05) is 5.02 Å². The van der Waals surface area contributed by atoms with E-state index in [-0.39, 0.29) is 6.10 Å². The minimum absolute atomic E-state index is 0.211. The summed E-state index contributed by atoms with van der Waals surface area (Å²) in [6.07, 6.45) is 2.30. The van der Waals surface area contributed by atoms with Crippen molar-refractivity contribution >= 4 is 11.6 Å². The second-order valence-corrected chi connectivity index (χ2v) is 5.32. The summed E-state index contributed by atoms with van der Waals surface area (Å²) >= 11 is 6.14. The van der Waals surface area contributed by atoms with Crippen molar-refractivity contribution in [1.82, 2.24) is 0 Å². The van der Waals surface area contributed by atoms with E-state index in [1.54, 1.807) is 0 Å². The van der Waals surface area contributed by atoms with Gasteiger partial charge in [-0.1, -0.05) is 37.6 Å². The molecule has 0 amide bonds. The highest BCUT2D eigenvalue weighted by molar-refractivity contribution is 6.31. The fourth-order valence-electron chi connectivity index (χ4n) is 1.84. The Morgan fingerprint density at radius 3 is 2.56 bits per heavy atom. The molecule has 90 valence electrons. The van der Waals surface area contributed by atoms with Crippen molar-refractivity contribution < 1.29 is 5.11 Å². The molecule has 0 bridgehead atoms. The van der Waals surface area contributed by atoms with E-state index in [9.17, 15) is 5.11 Å². The average Bonchev–Trinajstić information content (AvgIpc) is 2.15. The van der Waals surface area contributed by atoms with Crippen molar-refractivity contribution in [3.05, 3.63) is 34.3 Å². The number of benzene rings is 1. The molecule has 2 heteroatoms.